The van der Waals surface area contributed by atoms with Crippen molar-refractivity contribution in [1.29, 1.82) is 0 Å². The molecule has 0 atom stereocenters. The van der Waals surface area contributed by atoms with Crippen LogP contribution in [0.25, 0.3) is 5.57 Å². The highest BCUT2D eigenvalue weighted by atomic mass is 35.5. The third kappa shape index (κ3) is 5.71. The van der Waals surface area contributed by atoms with Crippen molar-refractivity contribution in [3.8, 4) is 5.75 Å². The first kappa shape index (κ1) is 23.0. The maximum Gasteiger partial charge on any atom is 0.322 e. The van der Waals surface area contributed by atoms with Crippen molar-refractivity contribution in [2.75, 3.05) is 25.0 Å². The summed E-state index contributed by atoms with van der Waals surface area (Å²) in [5.41, 5.74) is 2.38. The number of hydrogen-bond acceptors (Lipinski definition) is 4. The Labute approximate surface area is 184 Å². The number of nitrogens with zero attached hydrogens (tertiary/aromatic N) is 2. The minimum absolute atomic E-state index is 0.0718. The van der Waals surface area contributed by atoms with Gasteiger partial charge in [0.25, 0.3) is 6.43 Å². The number of anilines is 1. The van der Waals surface area contributed by atoms with Crippen LogP contribution in [-0.2, 0) is 6.61 Å². The van der Waals surface area contributed by atoms with Crippen molar-refractivity contribution in [2.24, 2.45) is 0 Å². The highest BCUT2D eigenvalue weighted by Crippen LogP contribution is 2.32. The Bertz CT molecular complexity index is 969. The molecule has 0 fully saturated rings. The zero-order valence-electron chi connectivity index (χ0n) is 17.1. The molecule has 0 aliphatic carbocycles. The predicted octanol–water partition coefficient (Wildman–Crippen LogP) is 5.27. The number of pyridine rings is 1. The van der Waals surface area contributed by atoms with E-state index < -0.39 is 6.43 Å². The fourth-order valence-corrected chi connectivity index (χ4v) is 3.51. The molecule has 2 amide bonds. The van der Waals surface area contributed by atoms with Gasteiger partial charge in [-0.3, -0.25) is 4.98 Å². The molecule has 1 aliphatic rings. The van der Waals surface area contributed by atoms with Gasteiger partial charge in [0.05, 0.1) is 29.5 Å². The molecule has 0 bridgehead atoms. The fraction of sp³-hybridized carbons (Fsp3) is 0.364. The molecule has 2 aromatic rings. The van der Waals surface area contributed by atoms with Crippen molar-refractivity contribution in [1.82, 2.24) is 9.88 Å². The number of carbonyl (C=O) groups is 1. The molecule has 0 saturated heterocycles. The van der Waals surface area contributed by atoms with E-state index in [1.54, 1.807) is 17.2 Å². The molecule has 3 rings (SSSR count). The number of aliphatic hydroxyl groups excluding tert-OH is 1. The summed E-state index contributed by atoms with van der Waals surface area (Å²) in [6, 6.07) is 5.47. The van der Waals surface area contributed by atoms with Crippen LogP contribution >= 0.6 is 11.6 Å². The summed E-state index contributed by atoms with van der Waals surface area (Å²) >= 11 is 6.26. The van der Waals surface area contributed by atoms with E-state index in [0.29, 0.717) is 54.5 Å². The van der Waals surface area contributed by atoms with E-state index >= 15 is 0 Å². The lowest BCUT2D eigenvalue weighted by atomic mass is 10.0. The zero-order valence-corrected chi connectivity index (χ0v) is 17.8. The number of alkyl halides is 2. The van der Waals surface area contributed by atoms with Crippen LogP contribution in [0.2, 0.25) is 5.02 Å². The average Bonchev–Trinajstić information content (AvgIpc) is 2.77. The summed E-state index contributed by atoms with van der Waals surface area (Å²) in [4.78, 5) is 18.5. The van der Waals surface area contributed by atoms with E-state index in [0.717, 1.165) is 5.57 Å². The van der Waals surface area contributed by atoms with Crippen LogP contribution < -0.4 is 10.1 Å². The summed E-state index contributed by atoms with van der Waals surface area (Å²) in [5, 5.41) is 12.4. The summed E-state index contributed by atoms with van der Waals surface area (Å²) < 4.78 is 31.8. The number of urea groups is 1. The smallest absolute Gasteiger partial charge is 0.322 e. The lowest BCUT2D eigenvalue weighted by Crippen LogP contribution is -2.38. The van der Waals surface area contributed by atoms with Gasteiger partial charge in [-0.2, -0.15) is 0 Å². The molecule has 1 aromatic heterocycles. The third-order valence-corrected chi connectivity index (χ3v) is 5.13. The Morgan fingerprint density at radius 2 is 2.19 bits per heavy atom. The topological polar surface area (TPSA) is 74.7 Å². The van der Waals surface area contributed by atoms with Gasteiger partial charge >= 0.3 is 6.03 Å². The largest absolute Gasteiger partial charge is 0.493 e. The monoisotopic (exact) mass is 451 g/mol. The average molecular weight is 452 g/mol. The zero-order chi connectivity index (χ0) is 22.4. The number of ether oxygens (including phenoxy) is 1. The highest BCUT2D eigenvalue weighted by Gasteiger charge is 2.21. The Morgan fingerprint density at radius 1 is 1.39 bits per heavy atom. The number of hydrogen-bond donors (Lipinski definition) is 2. The minimum atomic E-state index is -2.66. The van der Waals surface area contributed by atoms with Gasteiger partial charge in [-0.15, -0.1) is 0 Å². The van der Waals surface area contributed by atoms with Crippen LogP contribution in [0, 0.1) is 0 Å². The number of aromatic nitrogens is 1. The van der Waals surface area contributed by atoms with Crippen molar-refractivity contribution in [2.45, 2.75) is 32.8 Å². The van der Waals surface area contributed by atoms with Crippen LogP contribution in [0.1, 0.15) is 43.0 Å². The van der Waals surface area contributed by atoms with E-state index in [9.17, 15) is 18.7 Å². The summed E-state index contributed by atoms with van der Waals surface area (Å²) in [5.74, 6) is 0.0718. The molecule has 1 aliphatic heterocycles. The van der Waals surface area contributed by atoms with Gasteiger partial charge in [0, 0.05) is 31.0 Å². The van der Waals surface area contributed by atoms with Crippen LogP contribution in [0.4, 0.5) is 19.3 Å². The first-order chi connectivity index (χ1) is 14.9. The molecule has 6 nitrogen and oxygen atoms in total. The molecule has 31 heavy (non-hydrogen) atoms. The number of rotatable bonds is 7. The van der Waals surface area contributed by atoms with Crippen molar-refractivity contribution in [3.05, 3.63) is 58.4 Å². The summed E-state index contributed by atoms with van der Waals surface area (Å²) in [6.45, 7) is 2.87. The molecule has 2 N–H and O–H groups in total. The molecule has 0 spiro atoms. The predicted molar refractivity (Wildman–Crippen MR) is 116 cm³/mol. The van der Waals surface area contributed by atoms with Gasteiger partial charge in [0.15, 0.2) is 0 Å². The lowest BCUT2D eigenvalue weighted by molar-refractivity contribution is 0.145. The number of halogens is 3. The highest BCUT2D eigenvalue weighted by molar-refractivity contribution is 6.32. The van der Waals surface area contributed by atoms with Gasteiger partial charge in [-0.1, -0.05) is 24.6 Å². The van der Waals surface area contributed by atoms with Crippen LogP contribution in [0.5, 0.6) is 5.75 Å². The van der Waals surface area contributed by atoms with E-state index in [4.69, 9.17) is 16.3 Å². The third-order valence-electron chi connectivity index (χ3n) is 4.84. The van der Waals surface area contributed by atoms with Gasteiger partial charge in [0.1, 0.15) is 5.75 Å². The van der Waals surface area contributed by atoms with Crippen molar-refractivity contribution >= 4 is 28.9 Å². The molecule has 166 valence electrons. The van der Waals surface area contributed by atoms with Gasteiger partial charge in [0.2, 0.25) is 0 Å². The second kappa shape index (κ2) is 10.5. The van der Waals surface area contributed by atoms with Crippen LogP contribution in [0.15, 0.2) is 36.5 Å². The fourth-order valence-electron chi connectivity index (χ4n) is 3.20. The molecule has 0 radical (unpaired) electrons. The summed E-state index contributed by atoms with van der Waals surface area (Å²) in [7, 11) is 0. The molecular formula is C22H24ClF2N3O3. The Balaban J connectivity index is 1.67. The SMILES string of the molecule is CCCOc1cc(NC(=O)N2CC=C(c3ncc(CO)cc3Cl)CC2)ccc1C(F)F. The minimum Gasteiger partial charge on any atom is -0.493 e. The molecule has 1 aromatic carbocycles. The standard InChI is InChI=1S/C22H24ClF2N3O3/c1-2-9-31-19-11-16(3-4-17(19)21(24)25)27-22(30)28-7-5-15(6-8-28)20-18(23)10-14(13-29)12-26-20/h3-5,10-12,21,29H,2,6-9,13H2,1H3,(H,27,30). The maximum absolute atomic E-state index is 13.2. The normalized spacial score (nSPS) is 13.9. The molecule has 9 heteroatoms. The van der Waals surface area contributed by atoms with Crippen LogP contribution in [-0.4, -0.2) is 40.7 Å². The van der Waals surface area contributed by atoms with E-state index in [2.05, 4.69) is 10.3 Å². The van der Waals surface area contributed by atoms with Crippen molar-refractivity contribution in [3.63, 3.8) is 0 Å². The number of aliphatic hydroxyl groups is 1. The maximum atomic E-state index is 13.2. The summed E-state index contributed by atoms with van der Waals surface area (Å²) in [6.07, 6.45) is 2.04. The van der Waals surface area contributed by atoms with Gasteiger partial charge < -0.3 is 20.1 Å². The molecular weight excluding hydrogens is 428 g/mol. The molecule has 2 heterocycles. The van der Waals surface area contributed by atoms with Crippen molar-refractivity contribution < 1.29 is 23.4 Å². The second-order valence-corrected chi connectivity index (χ2v) is 7.50. The second-order valence-electron chi connectivity index (χ2n) is 7.09. The first-order valence-corrected chi connectivity index (χ1v) is 10.4. The Hall–Kier alpha value is -2.71. The Kier molecular flexibility index (Phi) is 7.81. The van der Waals surface area contributed by atoms with E-state index in [1.165, 1.54) is 18.2 Å². The van der Waals surface area contributed by atoms with Gasteiger partial charge in [-0.25, -0.2) is 13.6 Å². The Morgan fingerprint density at radius 3 is 2.81 bits per heavy atom. The number of benzene rings is 1. The van der Waals surface area contributed by atoms with E-state index in [1.807, 2.05) is 13.0 Å². The first-order valence-electron chi connectivity index (χ1n) is 9.98. The number of nitrogens with one attached hydrogen (secondary N) is 1. The molecule has 0 saturated carbocycles. The van der Waals surface area contributed by atoms with E-state index in [-0.39, 0.29) is 24.0 Å². The number of amides is 2. The molecule has 0 unspecified atom stereocenters. The lowest BCUT2D eigenvalue weighted by Gasteiger charge is -2.27. The quantitative estimate of drug-likeness (QED) is 0.601. The van der Waals surface area contributed by atoms with Crippen LogP contribution in [0.3, 0.4) is 0 Å². The van der Waals surface area contributed by atoms with Gasteiger partial charge in [-0.05, 0) is 42.2 Å². The number of carbonyl (C=O) groups excluding carboxylic acids is 1.